The van der Waals surface area contributed by atoms with E-state index in [2.05, 4.69) is 5.32 Å². The maximum Gasteiger partial charge on any atom is 0.237 e. The number of aliphatic hydroxyl groups is 1. The second kappa shape index (κ2) is 6.33. The van der Waals surface area contributed by atoms with Gasteiger partial charge in [0.25, 0.3) is 0 Å². The second-order valence-corrected chi connectivity index (χ2v) is 3.07. The van der Waals surface area contributed by atoms with Crippen molar-refractivity contribution in [1.29, 1.82) is 0 Å². The molecule has 0 bridgehead atoms. The number of primary amides is 1. The summed E-state index contributed by atoms with van der Waals surface area (Å²) in [5, 5.41) is 11.3. The van der Waals surface area contributed by atoms with Gasteiger partial charge >= 0.3 is 0 Å². The molecule has 0 fully saturated rings. The van der Waals surface area contributed by atoms with Gasteiger partial charge in [0.2, 0.25) is 11.8 Å². The maximum absolute atomic E-state index is 11.3. The van der Waals surface area contributed by atoms with E-state index in [1.165, 1.54) is 0 Å². The van der Waals surface area contributed by atoms with Gasteiger partial charge in [0, 0.05) is 0 Å². The highest BCUT2D eigenvalue weighted by molar-refractivity contribution is 5.87. The van der Waals surface area contributed by atoms with E-state index < -0.39 is 17.9 Å². The quantitative estimate of drug-likeness (QED) is 0.402. The largest absolute Gasteiger partial charge is 0.394 e. The molecule has 6 N–H and O–H groups in total. The Morgan fingerprint density at radius 3 is 2.43 bits per heavy atom. The van der Waals surface area contributed by atoms with Gasteiger partial charge in [0.15, 0.2) is 0 Å². The molecule has 6 nitrogen and oxygen atoms in total. The predicted octanol–water partition coefficient (Wildman–Crippen LogP) is -1.92. The first-order chi connectivity index (χ1) is 6.51. The molecular weight excluding hydrogens is 186 g/mol. The SMILES string of the molecule is CC[C@@H](CO)NC(=O)C(N)CC(N)=O. The molecular formula is C8H17N3O3. The Balaban J connectivity index is 3.99. The van der Waals surface area contributed by atoms with E-state index in [9.17, 15) is 9.59 Å². The van der Waals surface area contributed by atoms with Crippen LogP contribution in [0.4, 0.5) is 0 Å². The highest BCUT2D eigenvalue weighted by atomic mass is 16.3. The zero-order valence-corrected chi connectivity index (χ0v) is 8.19. The molecule has 0 aromatic rings. The molecule has 0 aromatic heterocycles. The number of carbonyl (C=O) groups excluding carboxylic acids is 2. The number of nitrogens with one attached hydrogen (secondary N) is 1. The molecule has 0 heterocycles. The Morgan fingerprint density at radius 1 is 1.50 bits per heavy atom. The molecule has 0 spiro atoms. The van der Waals surface area contributed by atoms with E-state index in [-0.39, 0.29) is 19.1 Å². The molecule has 6 heteroatoms. The summed E-state index contributed by atoms with van der Waals surface area (Å²) in [6.45, 7) is 1.67. The van der Waals surface area contributed by atoms with Crippen LogP contribution in [-0.4, -0.2) is 35.6 Å². The third-order valence-electron chi connectivity index (χ3n) is 1.82. The topological polar surface area (TPSA) is 118 Å². The van der Waals surface area contributed by atoms with Gasteiger partial charge in [0.05, 0.1) is 25.1 Å². The number of hydrogen-bond acceptors (Lipinski definition) is 4. The molecule has 0 aliphatic carbocycles. The zero-order valence-electron chi connectivity index (χ0n) is 8.19. The molecule has 0 saturated heterocycles. The Morgan fingerprint density at radius 2 is 2.07 bits per heavy atom. The zero-order chi connectivity index (χ0) is 11.1. The van der Waals surface area contributed by atoms with Crippen LogP contribution < -0.4 is 16.8 Å². The fourth-order valence-corrected chi connectivity index (χ4v) is 0.894. The molecule has 2 atom stereocenters. The van der Waals surface area contributed by atoms with Crippen molar-refractivity contribution >= 4 is 11.8 Å². The standard InChI is InChI=1S/C8H17N3O3/c1-2-5(4-12)11-8(14)6(9)3-7(10)13/h5-6,12H,2-4,9H2,1H3,(H2,10,13)(H,11,14)/t5-,6?/m0/s1. The van der Waals surface area contributed by atoms with Gasteiger partial charge in [0.1, 0.15) is 0 Å². The minimum Gasteiger partial charge on any atom is -0.394 e. The molecule has 1 unspecified atom stereocenters. The lowest BCUT2D eigenvalue weighted by atomic mass is 10.1. The van der Waals surface area contributed by atoms with Gasteiger partial charge < -0.3 is 21.9 Å². The highest BCUT2D eigenvalue weighted by Gasteiger charge is 2.18. The van der Waals surface area contributed by atoms with Crippen LogP contribution in [0.25, 0.3) is 0 Å². The summed E-state index contributed by atoms with van der Waals surface area (Å²) in [4.78, 5) is 21.7. The average Bonchev–Trinajstić information content (AvgIpc) is 2.12. The van der Waals surface area contributed by atoms with Crippen LogP contribution in [0.2, 0.25) is 0 Å². The fourth-order valence-electron chi connectivity index (χ4n) is 0.894. The third kappa shape index (κ3) is 4.78. The molecule has 0 aliphatic rings. The van der Waals surface area contributed by atoms with E-state index >= 15 is 0 Å². The minimum atomic E-state index is -0.937. The van der Waals surface area contributed by atoms with Crippen molar-refractivity contribution in [2.24, 2.45) is 11.5 Å². The molecule has 14 heavy (non-hydrogen) atoms. The molecule has 0 aromatic carbocycles. The number of rotatable bonds is 6. The summed E-state index contributed by atoms with van der Waals surface area (Å²) < 4.78 is 0. The normalized spacial score (nSPS) is 14.5. The summed E-state index contributed by atoms with van der Waals surface area (Å²) in [6.07, 6.45) is 0.416. The first-order valence-electron chi connectivity index (χ1n) is 4.46. The van der Waals surface area contributed by atoms with Gasteiger partial charge in [-0.05, 0) is 6.42 Å². The molecule has 0 aliphatic heterocycles. The molecule has 0 saturated carbocycles. The summed E-state index contributed by atoms with van der Waals surface area (Å²) >= 11 is 0. The van der Waals surface area contributed by atoms with Crippen molar-refractivity contribution < 1.29 is 14.7 Å². The Labute approximate surface area is 82.6 Å². The Hall–Kier alpha value is -1.14. The number of aliphatic hydroxyl groups excluding tert-OH is 1. The molecule has 0 rings (SSSR count). The van der Waals surface area contributed by atoms with Crippen molar-refractivity contribution in [2.75, 3.05) is 6.61 Å². The van der Waals surface area contributed by atoms with Crippen LogP contribution in [0.5, 0.6) is 0 Å². The first kappa shape index (κ1) is 12.9. The van der Waals surface area contributed by atoms with Crippen molar-refractivity contribution in [3.8, 4) is 0 Å². The van der Waals surface area contributed by atoms with Gasteiger partial charge in [-0.3, -0.25) is 9.59 Å². The number of hydrogen-bond donors (Lipinski definition) is 4. The highest BCUT2D eigenvalue weighted by Crippen LogP contribution is 1.92. The maximum atomic E-state index is 11.3. The summed E-state index contributed by atoms with van der Waals surface area (Å²) in [5.74, 6) is -1.09. The Bertz CT molecular complexity index is 204. The van der Waals surface area contributed by atoms with E-state index in [1.807, 2.05) is 6.92 Å². The third-order valence-corrected chi connectivity index (χ3v) is 1.82. The minimum absolute atomic E-state index is 0.147. The summed E-state index contributed by atoms with van der Waals surface area (Å²) in [7, 11) is 0. The first-order valence-corrected chi connectivity index (χ1v) is 4.46. The monoisotopic (exact) mass is 203 g/mol. The van der Waals surface area contributed by atoms with Crippen molar-refractivity contribution in [2.45, 2.75) is 31.8 Å². The van der Waals surface area contributed by atoms with Crippen LogP contribution >= 0.6 is 0 Å². The number of nitrogens with two attached hydrogens (primary N) is 2. The van der Waals surface area contributed by atoms with Crippen LogP contribution in [0.3, 0.4) is 0 Å². The van der Waals surface area contributed by atoms with Crippen LogP contribution in [0.1, 0.15) is 19.8 Å². The van der Waals surface area contributed by atoms with Crippen molar-refractivity contribution in [3.63, 3.8) is 0 Å². The smallest absolute Gasteiger partial charge is 0.237 e. The van der Waals surface area contributed by atoms with Crippen LogP contribution in [0.15, 0.2) is 0 Å². The predicted molar refractivity (Wildman–Crippen MR) is 51.1 cm³/mol. The lowest BCUT2D eigenvalue weighted by Gasteiger charge is -2.16. The van der Waals surface area contributed by atoms with Crippen molar-refractivity contribution in [1.82, 2.24) is 5.32 Å². The molecule has 2 amide bonds. The van der Waals surface area contributed by atoms with Crippen molar-refractivity contribution in [3.05, 3.63) is 0 Å². The van der Waals surface area contributed by atoms with Gasteiger partial charge in [-0.15, -0.1) is 0 Å². The van der Waals surface area contributed by atoms with E-state index in [4.69, 9.17) is 16.6 Å². The summed E-state index contributed by atoms with van der Waals surface area (Å²) in [5.41, 5.74) is 10.3. The van der Waals surface area contributed by atoms with Gasteiger partial charge in [-0.25, -0.2) is 0 Å². The van der Waals surface area contributed by atoms with Crippen LogP contribution in [-0.2, 0) is 9.59 Å². The number of amides is 2. The van der Waals surface area contributed by atoms with Gasteiger partial charge in [-0.1, -0.05) is 6.92 Å². The average molecular weight is 203 g/mol. The van der Waals surface area contributed by atoms with Crippen LogP contribution in [0, 0.1) is 0 Å². The van der Waals surface area contributed by atoms with E-state index in [0.29, 0.717) is 6.42 Å². The molecule has 0 radical (unpaired) electrons. The molecule has 82 valence electrons. The van der Waals surface area contributed by atoms with E-state index in [0.717, 1.165) is 0 Å². The Kier molecular flexibility index (Phi) is 5.82. The number of carbonyl (C=O) groups is 2. The van der Waals surface area contributed by atoms with Gasteiger partial charge in [-0.2, -0.15) is 0 Å². The fraction of sp³-hybridized carbons (Fsp3) is 0.750. The second-order valence-electron chi connectivity index (χ2n) is 3.07. The summed E-state index contributed by atoms with van der Waals surface area (Å²) in [6, 6.07) is -1.26. The lowest BCUT2D eigenvalue weighted by Crippen LogP contribution is -2.47. The van der Waals surface area contributed by atoms with E-state index in [1.54, 1.807) is 0 Å². The lowest BCUT2D eigenvalue weighted by molar-refractivity contribution is -0.127.